The Morgan fingerprint density at radius 3 is 2.23 bits per heavy atom. The van der Waals surface area contributed by atoms with Gasteiger partial charge in [0.05, 0.1) is 9.88 Å². The number of hydrogen-bond donors (Lipinski definition) is 4. The Bertz CT molecular complexity index is 1030. The van der Waals surface area contributed by atoms with Gasteiger partial charge in [-0.25, -0.2) is 4.79 Å². The van der Waals surface area contributed by atoms with Crippen LogP contribution in [0.1, 0.15) is 35.0 Å². The van der Waals surface area contributed by atoms with Gasteiger partial charge in [0.2, 0.25) is 5.91 Å². The molecule has 0 bridgehead atoms. The van der Waals surface area contributed by atoms with Crippen molar-refractivity contribution in [1.82, 2.24) is 5.32 Å². The Kier molecular flexibility index (Phi) is 7.78. The summed E-state index contributed by atoms with van der Waals surface area (Å²) in [6, 6.07) is 19.5. The Labute approximate surface area is 184 Å². The number of thiophene rings is 1. The van der Waals surface area contributed by atoms with E-state index in [-0.39, 0.29) is 17.8 Å². The van der Waals surface area contributed by atoms with Gasteiger partial charge in [-0.3, -0.25) is 14.9 Å². The smallest absolute Gasteiger partial charge is 0.324 e. The number of rotatable bonds is 8. The van der Waals surface area contributed by atoms with Gasteiger partial charge in [-0.2, -0.15) is 0 Å². The van der Waals surface area contributed by atoms with Crippen molar-refractivity contribution in [1.29, 1.82) is 0 Å². The molecule has 2 aromatic carbocycles. The number of para-hydroxylation sites is 1. The molecule has 4 amide bonds. The highest BCUT2D eigenvalue weighted by atomic mass is 32.1. The molecule has 0 aliphatic heterocycles. The minimum absolute atomic E-state index is 0.0110. The summed E-state index contributed by atoms with van der Waals surface area (Å²) in [5.74, 6) is -0.232. The zero-order valence-corrected chi connectivity index (χ0v) is 17.9. The molecule has 8 heteroatoms. The van der Waals surface area contributed by atoms with Crippen LogP contribution in [0.15, 0.2) is 66.7 Å². The maximum Gasteiger partial charge on any atom is 0.324 e. The second-order valence-corrected chi connectivity index (χ2v) is 7.87. The lowest BCUT2D eigenvalue weighted by molar-refractivity contribution is -0.116. The zero-order valence-electron chi connectivity index (χ0n) is 17.1. The molecule has 3 rings (SSSR count). The van der Waals surface area contributed by atoms with Crippen molar-refractivity contribution in [2.45, 2.75) is 26.3 Å². The fourth-order valence-electron chi connectivity index (χ4n) is 2.75. The van der Waals surface area contributed by atoms with E-state index in [9.17, 15) is 14.4 Å². The minimum atomic E-state index is -0.369. The van der Waals surface area contributed by atoms with Crippen LogP contribution in [0, 0.1) is 0 Å². The Balaban J connectivity index is 1.47. The fourth-order valence-corrected chi connectivity index (χ4v) is 3.57. The molecule has 160 valence electrons. The SMILES string of the molecule is CCCC(=O)Nc1ccc(CNC(=O)c2ccc(NC(=O)Nc3ccccc3)s2)cc1. The van der Waals surface area contributed by atoms with Crippen molar-refractivity contribution >= 4 is 45.6 Å². The molecule has 0 aliphatic rings. The zero-order chi connectivity index (χ0) is 22.1. The van der Waals surface area contributed by atoms with E-state index < -0.39 is 0 Å². The first-order valence-electron chi connectivity index (χ1n) is 9.93. The first kappa shape index (κ1) is 22.0. The van der Waals surface area contributed by atoms with Gasteiger partial charge in [-0.1, -0.05) is 37.3 Å². The minimum Gasteiger partial charge on any atom is -0.347 e. The maximum absolute atomic E-state index is 12.4. The third-order valence-electron chi connectivity index (χ3n) is 4.27. The monoisotopic (exact) mass is 436 g/mol. The summed E-state index contributed by atoms with van der Waals surface area (Å²) in [5.41, 5.74) is 2.33. The summed E-state index contributed by atoms with van der Waals surface area (Å²) in [7, 11) is 0. The molecule has 7 nitrogen and oxygen atoms in total. The van der Waals surface area contributed by atoms with Gasteiger partial charge < -0.3 is 16.0 Å². The number of urea groups is 1. The van der Waals surface area contributed by atoms with E-state index in [0.29, 0.717) is 28.5 Å². The lowest BCUT2D eigenvalue weighted by atomic mass is 10.2. The number of hydrogen-bond acceptors (Lipinski definition) is 4. The van der Waals surface area contributed by atoms with Gasteiger partial charge >= 0.3 is 6.03 Å². The molecule has 0 fully saturated rings. The number of benzene rings is 2. The highest BCUT2D eigenvalue weighted by Crippen LogP contribution is 2.22. The van der Waals surface area contributed by atoms with E-state index in [1.807, 2.05) is 49.4 Å². The van der Waals surface area contributed by atoms with Crippen LogP contribution < -0.4 is 21.3 Å². The van der Waals surface area contributed by atoms with E-state index in [0.717, 1.165) is 17.7 Å². The van der Waals surface area contributed by atoms with Crippen molar-refractivity contribution in [3.8, 4) is 0 Å². The van der Waals surface area contributed by atoms with Crippen LogP contribution in [-0.4, -0.2) is 17.8 Å². The predicted molar refractivity (Wildman–Crippen MR) is 125 cm³/mol. The van der Waals surface area contributed by atoms with Crippen LogP contribution in [0.5, 0.6) is 0 Å². The number of anilines is 3. The van der Waals surface area contributed by atoms with Crippen LogP contribution in [0.2, 0.25) is 0 Å². The highest BCUT2D eigenvalue weighted by molar-refractivity contribution is 7.18. The van der Waals surface area contributed by atoms with Gasteiger partial charge in [-0.15, -0.1) is 11.3 Å². The molecule has 0 aliphatic carbocycles. The molecule has 0 atom stereocenters. The standard InChI is InChI=1S/C23H24N4O3S/c1-2-6-20(28)25-18-11-9-16(10-12-18)15-24-22(29)19-13-14-21(31-19)27-23(30)26-17-7-4-3-5-8-17/h3-5,7-14H,2,6,15H2,1H3,(H,24,29)(H,25,28)(H2,26,27,30). The number of amides is 4. The second-order valence-electron chi connectivity index (χ2n) is 6.79. The molecule has 3 aromatic rings. The Morgan fingerprint density at radius 2 is 1.52 bits per heavy atom. The normalized spacial score (nSPS) is 10.2. The van der Waals surface area contributed by atoms with Gasteiger partial charge in [-0.05, 0) is 48.4 Å². The van der Waals surface area contributed by atoms with Gasteiger partial charge in [0, 0.05) is 24.3 Å². The lowest BCUT2D eigenvalue weighted by Crippen LogP contribution is -2.21. The van der Waals surface area contributed by atoms with Crippen LogP contribution >= 0.6 is 11.3 Å². The summed E-state index contributed by atoms with van der Waals surface area (Å²) in [4.78, 5) is 36.6. The van der Waals surface area contributed by atoms with Gasteiger partial charge in [0.25, 0.3) is 5.91 Å². The number of carbonyl (C=O) groups is 3. The van der Waals surface area contributed by atoms with Crippen molar-refractivity contribution in [3.63, 3.8) is 0 Å². The molecule has 0 radical (unpaired) electrons. The maximum atomic E-state index is 12.4. The second kappa shape index (κ2) is 10.9. The molecule has 0 unspecified atom stereocenters. The van der Waals surface area contributed by atoms with Crippen LogP contribution in [0.25, 0.3) is 0 Å². The number of carbonyl (C=O) groups excluding carboxylic acids is 3. The van der Waals surface area contributed by atoms with Crippen LogP contribution in [0.4, 0.5) is 21.2 Å². The topological polar surface area (TPSA) is 99.3 Å². The molecule has 4 N–H and O–H groups in total. The van der Waals surface area contributed by atoms with Crippen molar-refractivity contribution < 1.29 is 14.4 Å². The van der Waals surface area contributed by atoms with Crippen molar-refractivity contribution in [3.05, 3.63) is 77.2 Å². The largest absolute Gasteiger partial charge is 0.347 e. The van der Waals surface area contributed by atoms with Crippen molar-refractivity contribution in [2.24, 2.45) is 0 Å². The van der Waals surface area contributed by atoms with Crippen LogP contribution in [0.3, 0.4) is 0 Å². The molecule has 1 aromatic heterocycles. The highest BCUT2D eigenvalue weighted by Gasteiger charge is 2.11. The lowest BCUT2D eigenvalue weighted by Gasteiger charge is -2.07. The van der Waals surface area contributed by atoms with Crippen molar-refractivity contribution in [2.75, 3.05) is 16.0 Å². The Morgan fingerprint density at radius 1 is 0.806 bits per heavy atom. The summed E-state index contributed by atoms with van der Waals surface area (Å²) in [5, 5.41) is 11.7. The molecular weight excluding hydrogens is 412 g/mol. The van der Waals surface area contributed by atoms with E-state index >= 15 is 0 Å². The summed E-state index contributed by atoms with van der Waals surface area (Å²) >= 11 is 1.20. The molecule has 0 spiro atoms. The fraction of sp³-hybridized carbons (Fsp3) is 0.174. The van der Waals surface area contributed by atoms with E-state index in [2.05, 4.69) is 21.3 Å². The third kappa shape index (κ3) is 6.97. The molecule has 0 saturated heterocycles. The quantitative estimate of drug-likeness (QED) is 0.397. The van der Waals surface area contributed by atoms with Gasteiger partial charge in [0.15, 0.2) is 0 Å². The summed E-state index contributed by atoms with van der Waals surface area (Å²) in [6.07, 6.45) is 1.29. The van der Waals surface area contributed by atoms with Gasteiger partial charge in [0.1, 0.15) is 0 Å². The Hall–Kier alpha value is -3.65. The summed E-state index contributed by atoms with van der Waals surface area (Å²) in [6.45, 7) is 2.31. The first-order chi connectivity index (χ1) is 15.0. The first-order valence-corrected chi connectivity index (χ1v) is 10.7. The average molecular weight is 437 g/mol. The van der Waals surface area contributed by atoms with E-state index in [1.54, 1.807) is 24.3 Å². The molecular formula is C23H24N4O3S. The number of nitrogens with one attached hydrogen (secondary N) is 4. The predicted octanol–water partition coefficient (Wildman–Crippen LogP) is 5.06. The molecule has 0 saturated carbocycles. The average Bonchev–Trinajstić information content (AvgIpc) is 3.22. The van der Waals surface area contributed by atoms with Crippen LogP contribution in [-0.2, 0) is 11.3 Å². The molecule has 31 heavy (non-hydrogen) atoms. The van der Waals surface area contributed by atoms with E-state index in [1.165, 1.54) is 11.3 Å². The summed E-state index contributed by atoms with van der Waals surface area (Å²) < 4.78 is 0. The molecule has 1 heterocycles. The van der Waals surface area contributed by atoms with E-state index in [4.69, 9.17) is 0 Å². The third-order valence-corrected chi connectivity index (χ3v) is 5.27.